The van der Waals surface area contributed by atoms with E-state index in [0.29, 0.717) is 8.83 Å². The molecule has 0 bridgehead atoms. The molecule has 25 heavy (non-hydrogen) atoms. The van der Waals surface area contributed by atoms with Crippen LogP contribution in [0.3, 0.4) is 0 Å². The summed E-state index contributed by atoms with van der Waals surface area (Å²) in [5, 5.41) is 18.8. The third-order valence-corrected chi connectivity index (χ3v) is 5.31. The van der Waals surface area contributed by atoms with Gasteiger partial charge in [-0.3, -0.25) is 0 Å². The Hall–Kier alpha value is -2.31. The first-order valence-corrected chi connectivity index (χ1v) is 9.05. The lowest BCUT2D eigenvalue weighted by atomic mass is 10.2. The number of hydrogen-bond donors (Lipinski definition) is 2. The van der Waals surface area contributed by atoms with Gasteiger partial charge in [0, 0.05) is 24.9 Å². The Morgan fingerprint density at radius 2 is 1.92 bits per heavy atom. The van der Waals surface area contributed by atoms with Crippen molar-refractivity contribution in [1.29, 1.82) is 0 Å². The summed E-state index contributed by atoms with van der Waals surface area (Å²) in [6, 6.07) is 8.31. The summed E-state index contributed by atoms with van der Waals surface area (Å²) in [5.74, 6) is -0.292. The van der Waals surface area contributed by atoms with E-state index >= 15 is 0 Å². The molecule has 0 aliphatic carbocycles. The molecule has 1 aliphatic heterocycles. The molecule has 2 N–H and O–H groups in total. The van der Waals surface area contributed by atoms with Crippen LogP contribution in [0.2, 0.25) is 0 Å². The third-order valence-electron chi connectivity index (χ3n) is 4.00. The lowest BCUT2D eigenvalue weighted by Crippen LogP contribution is -2.17. The molecule has 2 aromatic rings. The molecule has 1 fully saturated rings. The Kier molecular flexibility index (Phi) is 5.40. The molecule has 0 unspecified atom stereocenters. The second kappa shape index (κ2) is 7.72. The summed E-state index contributed by atoms with van der Waals surface area (Å²) in [7, 11) is 0. The van der Waals surface area contributed by atoms with Crippen molar-refractivity contribution in [3.05, 3.63) is 51.0 Å². The summed E-state index contributed by atoms with van der Waals surface area (Å²) in [4.78, 5) is 6.93. The van der Waals surface area contributed by atoms with Crippen LogP contribution in [0.15, 0.2) is 36.6 Å². The fourth-order valence-electron chi connectivity index (χ4n) is 2.71. The van der Waals surface area contributed by atoms with Crippen LogP contribution in [0, 0.1) is 3.95 Å². The van der Waals surface area contributed by atoms with Gasteiger partial charge in [0.1, 0.15) is 0 Å². The Morgan fingerprint density at radius 1 is 1.24 bits per heavy atom. The number of hydrogen-bond acceptors (Lipinski definition) is 6. The number of anilines is 1. The van der Waals surface area contributed by atoms with E-state index in [9.17, 15) is 5.11 Å². The van der Waals surface area contributed by atoms with Gasteiger partial charge in [0.15, 0.2) is 3.95 Å². The number of benzene rings is 1. The molecule has 0 spiro atoms. The molecule has 1 aromatic carbocycles. The van der Waals surface area contributed by atoms with Crippen LogP contribution >= 0.6 is 23.6 Å². The van der Waals surface area contributed by atoms with Crippen molar-refractivity contribution in [3.8, 4) is 5.88 Å². The SMILES string of the molecule is C=C(OO)n1c(O)c(C=C=Cc2ccc(N3CCCC3)cc2)sc1=S. The normalized spacial score (nSPS) is 13.4. The summed E-state index contributed by atoms with van der Waals surface area (Å²) in [5.41, 5.74) is 5.30. The van der Waals surface area contributed by atoms with E-state index < -0.39 is 0 Å². The van der Waals surface area contributed by atoms with Crippen molar-refractivity contribution < 1.29 is 15.3 Å². The van der Waals surface area contributed by atoms with Gasteiger partial charge in [0.05, 0.1) is 4.88 Å². The van der Waals surface area contributed by atoms with E-state index in [0.717, 1.165) is 23.2 Å². The molecule has 1 aromatic heterocycles. The van der Waals surface area contributed by atoms with Gasteiger partial charge in [-0.15, -0.1) is 17.1 Å². The van der Waals surface area contributed by atoms with Gasteiger partial charge in [-0.05, 0) is 55.4 Å². The number of thiazole rings is 1. The zero-order valence-corrected chi connectivity index (χ0v) is 15.1. The fourth-order valence-corrected chi connectivity index (χ4v) is 3.94. The van der Waals surface area contributed by atoms with Crippen LogP contribution in [-0.4, -0.2) is 28.0 Å². The lowest BCUT2D eigenvalue weighted by molar-refractivity contribution is -0.176. The molecule has 7 heteroatoms. The summed E-state index contributed by atoms with van der Waals surface area (Å²) in [6.07, 6.45) is 5.98. The molecule has 1 aliphatic rings. The maximum atomic E-state index is 10.1. The van der Waals surface area contributed by atoms with Gasteiger partial charge in [0.25, 0.3) is 0 Å². The molecular weight excluding hydrogens is 356 g/mol. The molecule has 3 rings (SSSR count). The van der Waals surface area contributed by atoms with Gasteiger partial charge < -0.3 is 14.9 Å². The van der Waals surface area contributed by atoms with E-state index in [2.05, 4.69) is 34.2 Å². The highest BCUT2D eigenvalue weighted by Crippen LogP contribution is 2.30. The van der Waals surface area contributed by atoms with Crippen molar-refractivity contribution >= 4 is 47.3 Å². The molecule has 130 valence electrons. The van der Waals surface area contributed by atoms with E-state index in [1.165, 1.54) is 29.9 Å². The first kappa shape index (κ1) is 17.5. The monoisotopic (exact) mass is 374 g/mol. The molecule has 0 radical (unpaired) electrons. The minimum Gasteiger partial charge on any atom is -0.493 e. The second-order valence-electron chi connectivity index (χ2n) is 5.62. The molecule has 0 saturated carbocycles. The van der Waals surface area contributed by atoms with Gasteiger partial charge >= 0.3 is 0 Å². The smallest absolute Gasteiger partial charge is 0.238 e. The highest BCUT2D eigenvalue weighted by molar-refractivity contribution is 7.73. The lowest BCUT2D eigenvalue weighted by Gasteiger charge is -2.17. The van der Waals surface area contributed by atoms with E-state index in [4.69, 9.17) is 17.5 Å². The molecule has 2 heterocycles. The Bertz CT molecular complexity index is 884. The van der Waals surface area contributed by atoms with E-state index in [-0.39, 0.29) is 11.8 Å². The maximum absolute atomic E-state index is 10.1. The third kappa shape index (κ3) is 3.86. The van der Waals surface area contributed by atoms with Crippen LogP contribution < -0.4 is 4.90 Å². The standard InChI is InChI=1S/C18H18N2O3S2/c1-13(23-22)20-17(21)16(25-18(20)24)6-4-5-14-7-9-15(10-8-14)19-11-2-3-12-19/h5-10,21-22H,1-3,11-12H2. The highest BCUT2D eigenvalue weighted by atomic mass is 32.1. The average Bonchev–Trinajstić information content (AvgIpc) is 3.24. The Labute approximate surface area is 155 Å². The second-order valence-corrected chi connectivity index (χ2v) is 7.29. The van der Waals surface area contributed by atoms with Crippen LogP contribution in [0.5, 0.6) is 5.88 Å². The number of nitrogens with zero attached hydrogens (tertiary/aromatic N) is 2. The van der Waals surface area contributed by atoms with Crippen LogP contribution in [0.4, 0.5) is 5.69 Å². The minimum atomic E-state index is -0.153. The van der Waals surface area contributed by atoms with Gasteiger partial charge in [0.2, 0.25) is 11.8 Å². The van der Waals surface area contributed by atoms with Crippen molar-refractivity contribution in [2.75, 3.05) is 18.0 Å². The molecule has 1 saturated heterocycles. The van der Waals surface area contributed by atoms with Crippen LogP contribution in [0.25, 0.3) is 18.0 Å². The van der Waals surface area contributed by atoms with Crippen LogP contribution in [0.1, 0.15) is 23.3 Å². The maximum Gasteiger partial charge on any atom is 0.238 e. The zero-order chi connectivity index (χ0) is 17.8. The Balaban J connectivity index is 1.77. The van der Waals surface area contributed by atoms with E-state index in [1.807, 2.05) is 18.2 Å². The summed E-state index contributed by atoms with van der Waals surface area (Å²) < 4.78 is 1.47. The quantitative estimate of drug-likeness (QED) is 0.258. The number of aromatic hydroxyl groups is 1. The van der Waals surface area contributed by atoms with E-state index in [1.54, 1.807) is 6.08 Å². The van der Waals surface area contributed by atoms with Crippen molar-refractivity contribution in [2.45, 2.75) is 12.8 Å². The largest absolute Gasteiger partial charge is 0.493 e. The first-order valence-electron chi connectivity index (χ1n) is 7.83. The number of aromatic nitrogens is 1. The predicted octanol–water partition coefficient (Wildman–Crippen LogP) is 4.83. The van der Waals surface area contributed by atoms with Crippen molar-refractivity contribution in [1.82, 2.24) is 4.57 Å². The minimum absolute atomic E-state index is 0.140. The molecular formula is C18H18N2O3S2. The van der Waals surface area contributed by atoms with Crippen molar-refractivity contribution in [2.24, 2.45) is 0 Å². The predicted molar refractivity (Wildman–Crippen MR) is 104 cm³/mol. The van der Waals surface area contributed by atoms with Crippen LogP contribution in [-0.2, 0) is 4.89 Å². The summed E-state index contributed by atoms with van der Waals surface area (Å²) in [6.45, 7) is 5.72. The molecule has 0 atom stereocenters. The average molecular weight is 374 g/mol. The van der Waals surface area contributed by atoms with Crippen molar-refractivity contribution in [3.63, 3.8) is 0 Å². The fraction of sp³-hybridized carbons (Fsp3) is 0.222. The number of rotatable bonds is 5. The van der Waals surface area contributed by atoms with Gasteiger partial charge in [-0.2, -0.15) is 0 Å². The molecule has 0 amide bonds. The summed E-state index contributed by atoms with van der Waals surface area (Å²) >= 11 is 6.29. The first-order chi connectivity index (χ1) is 12.1. The highest BCUT2D eigenvalue weighted by Gasteiger charge is 2.13. The Morgan fingerprint density at radius 3 is 2.56 bits per heavy atom. The topological polar surface area (TPSA) is 57.9 Å². The zero-order valence-electron chi connectivity index (χ0n) is 13.5. The molecule has 5 nitrogen and oxygen atoms in total. The van der Waals surface area contributed by atoms with Gasteiger partial charge in [-0.25, -0.2) is 9.82 Å². The van der Waals surface area contributed by atoms with Gasteiger partial charge in [-0.1, -0.05) is 12.1 Å².